The average molecular weight is 537 g/mol. The topological polar surface area (TPSA) is 9.23 Å². The molecule has 0 radical (unpaired) electrons. The van der Waals surface area contributed by atoms with Crippen molar-refractivity contribution < 1.29 is 13.5 Å². The Labute approximate surface area is 236 Å². The van der Waals surface area contributed by atoms with Crippen LogP contribution in [0.2, 0.25) is 0 Å². The molecule has 2 aromatic carbocycles. The predicted octanol–water partition coefficient (Wildman–Crippen LogP) is 10.8. The zero-order valence-electron chi connectivity index (χ0n) is 24.4. The monoisotopic (exact) mass is 536 g/mol. The van der Waals surface area contributed by atoms with E-state index in [2.05, 4.69) is 43.3 Å². The van der Waals surface area contributed by atoms with Gasteiger partial charge in [0.05, 0.1) is 6.61 Å². The first-order chi connectivity index (χ1) is 19.1. The number of aryl methyl sites for hydroxylation is 2. The van der Waals surface area contributed by atoms with Gasteiger partial charge in [-0.25, -0.2) is 4.39 Å². The van der Waals surface area contributed by atoms with Gasteiger partial charge in [0, 0.05) is 0 Å². The lowest BCUT2D eigenvalue weighted by Gasteiger charge is -2.37. The highest BCUT2D eigenvalue weighted by molar-refractivity contribution is 5.33. The molecule has 2 fully saturated rings. The van der Waals surface area contributed by atoms with Crippen molar-refractivity contribution >= 4 is 0 Å². The van der Waals surface area contributed by atoms with E-state index in [1.165, 1.54) is 68.9 Å². The summed E-state index contributed by atoms with van der Waals surface area (Å²) in [5.41, 5.74) is 3.47. The first kappa shape index (κ1) is 29.8. The first-order valence-corrected chi connectivity index (χ1v) is 15.9. The van der Waals surface area contributed by atoms with Gasteiger partial charge in [0.25, 0.3) is 0 Å². The maximum atomic E-state index is 14.7. The number of allylic oxidation sites excluding steroid dienone is 2. The fraction of sp³-hybridized carbons (Fsp3) is 0.611. The maximum Gasteiger partial charge on any atom is 0.200 e. The predicted molar refractivity (Wildman–Crippen MR) is 159 cm³/mol. The smallest absolute Gasteiger partial charge is 0.200 e. The van der Waals surface area contributed by atoms with Crippen LogP contribution in [0.5, 0.6) is 5.75 Å². The molecule has 0 spiro atoms. The standard InChI is InChI=1S/C36H50F2O/c1-3-5-6-7-10-27-13-15-28(16-14-27)11-8-9-12-29-17-19-30(20-18-29)31-21-23-32(24-22-31)33-25-26-34(39-4-2)36(38)35(33)37/h9,12-16,25-26,29-32H,3-8,10-11,17-24H2,1-2H3/b12-9+. The van der Waals surface area contributed by atoms with Crippen LogP contribution in [-0.2, 0) is 12.8 Å². The van der Waals surface area contributed by atoms with Gasteiger partial charge >= 0.3 is 0 Å². The highest BCUT2D eigenvalue weighted by atomic mass is 19.2. The summed E-state index contributed by atoms with van der Waals surface area (Å²) >= 11 is 0. The molecule has 0 aromatic heterocycles. The van der Waals surface area contributed by atoms with Crippen LogP contribution in [0.4, 0.5) is 8.78 Å². The van der Waals surface area contributed by atoms with Gasteiger partial charge in [0.15, 0.2) is 11.6 Å². The van der Waals surface area contributed by atoms with Gasteiger partial charge in [-0.2, -0.15) is 4.39 Å². The molecule has 214 valence electrons. The average Bonchev–Trinajstić information content (AvgIpc) is 2.97. The number of benzene rings is 2. The Kier molecular flexibility index (Phi) is 11.9. The van der Waals surface area contributed by atoms with Gasteiger partial charge in [-0.05, 0) is 130 Å². The SMILES string of the molecule is CCCCCCc1ccc(CC/C=C/C2CCC(C3CCC(c4ccc(OCC)c(F)c4F)CC3)CC2)cc1. The molecular weight excluding hydrogens is 486 g/mol. The van der Waals surface area contributed by atoms with E-state index in [4.69, 9.17) is 4.74 Å². The Hall–Kier alpha value is -2.16. The second kappa shape index (κ2) is 15.6. The fourth-order valence-corrected chi connectivity index (χ4v) is 7.01. The summed E-state index contributed by atoms with van der Waals surface area (Å²) in [5.74, 6) is 0.909. The summed E-state index contributed by atoms with van der Waals surface area (Å²) in [5, 5.41) is 0. The minimum atomic E-state index is -0.825. The minimum Gasteiger partial charge on any atom is -0.491 e. The summed E-state index contributed by atoms with van der Waals surface area (Å²) in [6.45, 7) is 4.39. The molecule has 0 aliphatic heterocycles. The van der Waals surface area contributed by atoms with Crippen LogP contribution in [0.25, 0.3) is 0 Å². The molecule has 0 unspecified atom stereocenters. The van der Waals surface area contributed by atoms with Gasteiger partial charge in [0.1, 0.15) is 0 Å². The molecule has 2 aliphatic carbocycles. The summed E-state index contributed by atoms with van der Waals surface area (Å²) < 4.78 is 34.3. The molecule has 0 amide bonds. The molecular formula is C36H50F2O. The maximum absolute atomic E-state index is 14.7. The lowest BCUT2D eigenvalue weighted by Crippen LogP contribution is -2.25. The van der Waals surface area contributed by atoms with E-state index in [0.29, 0.717) is 12.2 Å². The summed E-state index contributed by atoms with van der Waals surface area (Å²) in [4.78, 5) is 0. The fourth-order valence-electron chi connectivity index (χ4n) is 7.01. The van der Waals surface area contributed by atoms with Crippen LogP contribution < -0.4 is 4.74 Å². The van der Waals surface area contributed by atoms with E-state index < -0.39 is 11.6 Å². The van der Waals surface area contributed by atoms with Crippen molar-refractivity contribution in [2.24, 2.45) is 17.8 Å². The number of hydrogen-bond donors (Lipinski definition) is 0. The third-order valence-electron chi connectivity index (χ3n) is 9.42. The second-order valence-electron chi connectivity index (χ2n) is 12.1. The van der Waals surface area contributed by atoms with Crippen LogP contribution in [-0.4, -0.2) is 6.61 Å². The molecule has 0 saturated heterocycles. The first-order valence-electron chi connectivity index (χ1n) is 15.9. The third kappa shape index (κ3) is 8.66. The van der Waals surface area contributed by atoms with Crippen molar-refractivity contribution in [2.45, 2.75) is 116 Å². The normalized spacial score (nSPS) is 23.8. The third-order valence-corrected chi connectivity index (χ3v) is 9.42. The Balaban J connectivity index is 1.14. The second-order valence-corrected chi connectivity index (χ2v) is 12.1. The van der Waals surface area contributed by atoms with E-state index >= 15 is 0 Å². The molecule has 0 atom stereocenters. The molecule has 0 bridgehead atoms. The van der Waals surface area contributed by atoms with E-state index in [1.807, 2.05) is 0 Å². The Morgan fingerprint density at radius 3 is 2.00 bits per heavy atom. The van der Waals surface area contributed by atoms with Gasteiger partial charge in [-0.3, -0.25) is 0 Å². The lowest BCUT2D eigenvalue weighted by molar-refractivity contribution is 0.170. The Morgan fingerprint density at radius 1 is 0.718 bits per heavy atom. The molecule has 39 heavy (non-hydrogen) atoms. The number of hydrogen-bond acceptors (Lipinski definition) is 1. The van der Waals surface area contributed by atoms with Crippen molar-refractivity contribution in [1.29, 1.82) is 0 Å². The van der Waals surface area contributed by atoms with Crippen molar-refractivity contribution in [3.63, 3.8) is 0 Å². The largest absolute Gasteiger partial charge is 0.491 e. The number of unbranched alkanes of at least 4 members (excludes halogenated alkanes) is 3. The van der Waals surface area contributed by atoms with E-state index in [9.17, 15) is 8.78 Å². The van der Waals surface area contributed by atoms with E-state index in [-0.39, 0.29) is 11.7 Å². The zero-order chi connectivity index (χ0) is 27.5. The van der Waals surface area contributed by atoms with Crippen molar-refractivity contribution in [3.8, 4) is 5.75 Å². The van der Waals surface area contributed by atoms with Crippen LogP contribution in [0.15, 0.2) is 48.6 Å². The summed E-state index contributed by atoms with van der Waals surface area (Å²) in [6, 6.07) is 12.6. The van der Waals surface area contributed by atoms with Crippen molar-refractivity contribution in [1.82, 2.24) is 0 Å². The summed E-state index contributed by atoms with van der Waals surface area (Å²) in [6.07, 6.45) is 23.1. The quantitative estimate of drug-likeness (QED) is 0.183. The van der Waals surface area contributed by atoms with Crippen LogP contribution >= 0.6 is 0 Å². The van der Waals surface area contributed by atoms with Crippen LogP contribution in [0, 0.1) is 29.4 Å². The van der Waals surface area contributed by atoms with Crippen molar-refractivity contribution in [3.05, 3.63) is 76.9 Å². The lowest BCUT2D eigenvalue weighted by atomic mass is 9.68. The molecule has 2 aromatic rings. The van der Waals surface area contributed by atoms with Gasteiger partial charge in [0.2, 0.25) is 5.82 Å². The molecule has 2 saturated carbocycles. The molecule has 1 nitrogen and oxygen atoms in total. The van der Waals surface area contributed by atoms with Gasteiger partial charge in [-0.15, -0.1) is 0 Å². The molecule has 4 rings (SSSR count). The zero-order valence-corrected chi connectivity index (χ0v) is 24.4. The molecule has 2 aliphatic rings. The van der Waals surface area contributed by atoms with Crippen LogP contribution in [0.1, 0.15) is 120 Å². The van der Waals surface area contributed by atoms with Crippen molar-refractivity contribution in [2.75, 3.05) is 6.61 Å². The Bertz CT molecular complexity index is 1010. The Morgan fingerprint density at radius 2 is 1.36 bits per heavy atom. The van der Waals surface area contributed by atoms with Gasteiger partial charge in [-0.1, -0.05) is 68.7 Å². The van der Waals surface area contributed by atoms with Crippen LogP contribution in [0.3, 0.4) is 0 Å². The number of ether oxygens (including phenoxy) is 1. The molecule has 0 N–H and O–H groups in total. The highest BCUT2D eigenvalue weighted by Gasteiger charge is 2.32. The molecule has 3 heteroatoms. The number of halogens is 2. The van der Waals surface area contributed by atoms with Gasteiger partial charge < -0.3 is 4.74 Å². The minimum absolute atomic E-state index is 0.0281. The number of rotatable bonds is 13. The summed E-state index contributed by atoms with van der Waals surface area (Å²) in [7, 11) is 0. The highest BCUT2D eigenvalue weighted by Crippen LogP contribution is 2.45. The van der Waals surface area contributed by atoms with E-state index in [1.54, 1.807) is 19.1 Å². The molecule has 0 heterocycles. The van der Waals surface area contributed by atoms with E-state index in [0.717, 1.165) is 56.3 Å².